The number of aryl methyl sites for hydroxylation is 1. The van der Waals surface area contributed by atoms with Crippen LogP contribution in [0.5, 0.6) is 0 Å². The van der Waals surface area contributed by atoms with Gasteiger partial charge in [0.2, 0.25) is 0 Å². The predicted octanol–water partition coefficient (Wildman–Crippen LogP) is 1.76. The molecule has 0 saturated carbocycles. The second-order valence-corrected chi connectivity index (χ2v) is 4.04. The second kappa shape index (κ2) is 3.94. The highest BCUT2D eigenvalue weighted by Gasteiger charge is 2.03. The zero-order chi connectivity index (χ0) is 9.97. The van der Waals surface area contributed by atoms with E-state index in [1.807, 2.05) is 12.5 Å². The van der Waals surface area contributed by atoms with E-state index in [9.17, 15) is 0 Å². The SMILES string of the molecule is Cc1cscc1Cn1cncc1CN. The van der Waals surface area contributed by atoms with Crippen LogP contribution in [0.3, 0.4) is 0 Å². The van der Waals surface area contributed by atoms with Crippen molar-refractivity contribution in [3.63, 3.8) is 0 Å². The minimum Gasteiger partial charge on any atom is -0.329 e. The van der Waals surface area contributed by atoms with E-state index in [1.165, 1.54) is 11.1 Å². The molecule has 0 aliphatic heterocycles. The van der Waals surface area contributed by atoms with Gasteiger partial charge in [0.1, 0.15) is 0 Å². The number of nitrogens with two attached hydrogens (primary N) is 1. The van der Waals surface area contributed by atoms with Crippen molar-refractivity contribution in [2.24, 2.45) is 5.73 Å². The summed E-state index contributed by atoms with van der Waals surface area (Å²) < 4.78 is 2.09. The summed E-state index contributed by atoms with van der Waals surface area (Å²) in [4.78, 5) is 4.09. The molecule has 74 valence electrons. The average Bonchev–Trinajstić information content (AvgIpc) is 2.77. The van der Waals surface area contributed by atoms with Gasteiger partial charge in [-0.1, -0.05) is 0 Å². The zero-order valence-electron chi connectivity index (χ0n) is 8.10. The third-order valence-electron chi connectivity index (χ3n) is 2.31. The van der Waals surface area contributed by atoms with Crippen molar-refractivity contribution in [3.8, 4) is 0 Å². The third kappa shape index (κ3) is 1.71. The van der Waals surface area contributed by atoms with Crippen LogP contribution in [0.25, 0.3) is 0 Å². The van der Waals surface area contributed by atoms with E-state index in [-0.39, 0.29) is 0 Å². The number of rotatable bonds is 3. The maximum absolute atomic E-state index is 5.60. The third-order valence-corrected chi connectivity index (χ3v) is 3.22. The molecule has 2 aromatic heterocycles. The number of hydrogen-bond acceptors (Lipinski definition) is 3. The standard InChI is InChI=1S/C10H13N3S/c1-8-5-14-6-9(8)4-13-7-12-3-10(13)2-11/h3,5-7H,2,4,11H2,1H3. The fraction of sp³-hybridized carbons (Fsp3) is 0.300. The highest BCUT2D eigenvalue weighted by Crippen LogP contribution is 2.15. The molecule has 0 aromatic carbocycles. The van der Waals surface area contributed by atoms with Crippen molar-refractivity contribution in [1.29, 1.82) is 0 Å². The lowest BCUT2D eigenvalue weighted by Crippen LogP contribution is -2.07. The van der Waals surface area contributed by atoms with Gasteiger partial charge in [-0.25, -0.2) is 4.98 Å². The predicted molar refractivity (Wildman–Crippen MR) is 58.3 cm³/mol. The lowest BCUT2D eigenvalue weighted by Gasteiger charge is -2.05. The fourth-order valence-electron chi connectivity index (χ4n) is 1.39. The van der Waals surface area contributed by atoms with Gasteiger partial charge in [0.15, 0.2) is 0 Å². The van der Waals surface area contributed by atoms with Crippen LogP contribution in [0, 0.1) is 6.92 Å². The molecule has 0 spiro atoms. The Hall–Kier alpha value is -1.13. The van der Waals surface area contributed by atoms with Crippen LogP contribution in [0.15, 0.2) is 23.3 Å². The first-order valence-corrected chi connectivity index (χ1v) is 5.46. The van der Waals surface area contributed by atoms with Gasteiger partial charge in [-0.2, -0.15) is 11.3 Å². The Morgan fingerprint density at radius 3 is 3.00 bits per heavy atom. The Bertz CT molecular complexity index is 416. The molecule has 2 N–H and O–H groups in total. The largest absolute Gasteiger partial charge is 0.329 e. The number of hydrogen-bond donors (Lipinski definition) is 1. The lowest BCUT2D eigenvalue weighted by atomic mass is 10.2. The van der Waals surface area contributed by atoms with Gasteiger partial charge >= 0.3 is 0 Å². The molecule has 3 nitrogen and oxygen atoms in total. The molecule has 0 unspecified atom stereocenters. The zero-order valence-corrected chi connectivity index (χ0v) is 8.92. The second-order valence-electron chi connectivity index (χ2n) is 3.30. The quantitative estimate of drug-likeness (QED) is 0.833. The maximum Gasteiger partial charge on any atom is 0.0951 e. The molecule has 0 fully saturated rings. The van der Waals surface area contributed by atoms with E-state index in [0.717, 1.165) is 12.2 Å². The molecule has 2 aromatic rings. The monoisotopic (exact) mass is 207 g/mol. The van der Waals surface area contributed by atoms with Gasteiger partial charge in [0.25, 0.3) is 0 Å². The summed E-state index contributed by atoms with van der Waals surface area (Å²) in [6.07, 6.45) is 3.65. The van der Waals surface area contributed by atoms with E-state index in [4.69, 9.17) is 5.73 Å². The van der Waals surface area contributed by atoms with Crippen LogP contribution in [0.1, 0.15) is 16.8 Å². The Balaban J connectivity index is 2.22. The summed E-state index contributed by atoms with van der Waals surface area (Å²) in [6, 6.07) is 0. The van der Waals surface area contributed by atoms with Gasteiger partial charge < -0.3 is 10.3 Å². The van der Waals surface area contributed by atoms with Crippen molar-refractivity contribution in [2.75, 3.05) is 0 Å². The summed E-state index contributed by atoms with van der Waals surface area (Å²) in [5, 5.41) is 4.34. The van der Waals surface area contributed by atoms with E-state index < -0.39 is 0 Å². The summed E-state index contributed by atoms with van der Waals surface area (Å²) in [5.41, 5.74) is 9.37. The smallest absolute Gasteiger partial charge is 0.0951 e. The van der Waals surface area contributed by atoms with Crippen LogP contribution >= 0.6 is 11.3 Å². The van der Waals surface area contributed by atoms with E-state index in [1.54, 1.807) is 11.3 Å². The van der Waals surface area contributed by atoms with Crippen LogP contribution < -0.4 is 5.73 Å². The van der Waals surface area contributed by atoms with Crippen molar-refractivity contribution in [1.82, 2.24) is 9.55 Å². The van der Waals surface area contributed by atoms with E-state index in [0.29, 0.717) is 6.54 Å². The first kappa shape index (κ1) is 9.43. The molecule has 0 bridgehead atoms. The molecule has 2 rings (SSSR count). The van der Waals surface area contributed by atoms with E-state index >= 15 is 0 Å². The first-order valence-electron chi connectivity index (χ1n) is 4.52. The molecule has 0 aliphatic rings. The van der Waals surface area contributed by atoms with Crippen molar-refractivity contribution in [2.45, 2.75) is 20.0 Å². The van der Waals surface area contributed by atoms with Gasteiger partial charge in [-0.3, -0.25) is 0 Å². The Labute approximate surface area is 87.2 Å². The van der Waals surface area contributed by atoms with Crippen LogP contribution in [0.2, 0.25) is 0 Å². The molecule has 0 amide bonds. The average molecular weight is 207 g/mol. The van der Waals surface area contributed by atoms with Crippen molar-refractivity contribution < 1.29 is 0 Å². The summed E-state index contributed by atoms with van der Waals surface area (Å²) >= 11 is 1.74. The lowest BCUT2D eigenvalue weighted by molar-refractivity contribution is 0.739. The van der Waals surface area contributed by atoms with Gasteiger partial charge in [0.05, 0.1) is 12.0 Å². The number of imidazole rings is 1. The van der Waals surface area contributed by atoms with Crippen LogP contribution in [0.4, 0.5) is 0 Å². The molecular formula is C10H13N3S. The minimum absolute atomic E-state index is 0.545. The molecule has 14 heavy (non-hydrogen) atoms. The molecule has 0 saturated heterocycles. The van der Waals surface area contributed by atoms with Gasteiger partial charge in [-0.05, 0) is 28.8 Å². The number of aromatic nitrogens is 2. The summed E-state index contributed by atoms with van der Waals surface area (Å²) in [6.45, 7) is 3.55. The minimum atomic E-state index is 0.545. The highest BCUT2D eigenvalue weighted by molar-refractivity contribution is 7.08. The van der Waals surface area contributed by atoms with Crippen molar-refractivity contribution in [3.05, 3.63) is 40.1 Å². The fourth-order valence-corrected chi connectivity index (χ4v) is 2.24. The molecule has 2 heterocycles. The normalized spacial score (nSPS) is 10.7. The van der Waals surface area contributed by atoms with Crippen LogP contribution in [-0.4, -0.2) is 9.55 Å². The van der Waals surface area contributed by atoms with Gasteiger partial charge in [-0.15, -0.1) is 0 Å². The first-order chi connectivity index (χ1) is 6.81. The Morgan fingerprint density at radius 2 is 2.36 bits per heavy atom. The van der Waals surface area contributed by atoms with Crippen molar-refractivity contribution >= 4 is 11.3 Å². The summed E-state index contributed by atoms with van der Waals surface area (Å²) in [7, 11) is 0. The summed E-state index contributed by atoms with van der Waals surface area (Å²) in [5.74, 6) is 0. The number of nitrogens with zero attached hydrogens (tertiary/aromatic N) is 2. The molecule has 4 heteroatoms. The molecular weight excluding hydrogens is 194 g/mol. The molecule has 0 aliphatic carbocycles. The molecule has 0 radical (unpaired) electrons. The van der Waals surface area contributed by atoms with Gasteiger partial charge in [0, 0.05) is 19.3 Å². The highest BCUT2D eigenvalue weighted by atomic mass is 32.1. The topological polar surface area (TPSA) is 43.8 Å². The Kier molecular flexibility index (Phi) is 2.65. The number of thiophene rings is 1. The Morgan fingerprint density at radius 1 is 1.50 bits per heavy atom. The maximum atomic E-state index is 5.60. The van der Waals surface area contributed by atoms with E-state index in [2.05, 4.69) is 27.2 Å². The molecule has 0 atom stereocenters. The van der Waals surface area contributed by atoms with Crippen LogP contribution in [-0.2, 0) is 13.1 Å².